The van der Waals surface area contributed by atoms with Crippen LogP contribution in [-0.4, -0.2) is 0 Å². The van der Waals surface area contributed by atoms with E-state index in [-0.39, 0.29) is 16.3 Å². The lowest BCUT2D eigenvalue weighted by Crippen LogP contribution is -2.30. The summed E-state index contributed by atoms with van der Waals surface area (Å²) >= 11 is 0. The molecule has 0 bridgehead atoms. The Labute approximate surface area is 184 Å². The van der Waals surface area contributed by atoms with Gasteiger partial charge in [0.2, 0.25) is 0 Å². The topological polar surface area (TPSA) is 37.4 Å². The number of anilines is 3. The van der Waals surface area contributed by atoms with Gasteiger partial charge in [0.1, 0.15) is 0 Å². The van der Waals surface area contributed by atoms with E-state index < -0.39 is 0 Å². The van der Waals surface area contributed by atoms with Crippen LogP contribution in [0.25, 0.3) is 32.7 Å². The summed E-state index contributed by atoms with van der Waals surface area (Å²) in [6.07, 6.45) is 0. The number of hydrogen-bond acceptors (Lipinski definition) is 3. The summed E-state index contributed by atoms with van der Waals surface area (Å²) in [5, 5.41) is 2.55. The minimum absolute atomic E-state index is 0.000922. The Morgan fingerprint density at radius 1 is 0.562 bits per heavy atom. The standard InChI is InChI=1S/C29H19NO2/c1-29(2)19-10-3-5-12-21(19)30(22-13-6-4-11-20(22)29)23-15-14-18-25-24-16(27(18)31)8-7-9-17(24)28(32)26(23)25/h3-15H,1-2H3. The van der Waals surface area contributed by atoms with Crippen LogP contribution < -0.4 is 15.8 Å². The second-order valence-electron chi connectivity index (χ2n) is 9.26. The first kappa shape index (κ1) is 17.7. The molecule has 0 N–H and O–H groups in total. The number of benzene rings is 4. The Bertz CT molecular complexity index is 1700. The number of hydrogen-bond donors (Lipinski definition) is 0. The van der Waals surface area contributed by atoms with Gasteiger partial charge in [-0.15, -0.1) is 0 Å². The van der Waals surface area contributed by atoms with Crippen molar-refractivity contribution in [3.8, 4) is 11.1 Å². The zero-order chi connectivity index (χ0) is 21.8. The molecule has 0 spiro atoms. The van der Waals surface area contributed by atoms with Crippen LogP contribution in [0.3, 0.4) is 0 Å². The minimum Gasteiger partial charge on any atom is -0.309 e. The Morgan fingerprint density at radius 3 is 1.78 bits per heavy atom. The van der Waals surface area contributed by atoms with Crippen molar-refractivity contribution in [1.82, 2.24) is 0 Å². The molecule has 1 heterocycles. The van der Waals surface area contributed by atoms with Crippen molar-refractivity contribution in [1.29, 1.82) is 0 Å². The molecule has 4 aromatic carbocycles. The van der Waals surface area contributed by atoms with Gasteiger partial charge >= 0.3 is 0 Å². The molecule has 3 heteroatoms. The quantitative estimate of drug-likeness (QED) is 0.320. The molecule has 0 amide bonds. The van der Waals surface area contributed by atoms with E-state index in [1.165, 1.54) is 11.1 Å². The average Bonchev–Trinajstić information content (AvgIpc) is 3.28. The molecule has 0 atom stereocenters. The van der Waals surface area contributed by atoms with Crippen LogP contribution in [0, 0.1) is 0 Å². The van der Waals surface area contributed by atoms with E-state index in [4.69, 9.17) is 0 Å². The third-order valence-corrected chi connectivity index (χ3v) is 7.34. The van der Waals surface area contributed by atoms with Gasteiger partial charge in [0.15, 0.2) is 10.9 Å². The maximum absolute atomic E-state index is 13.7. The third-order valence-electron chi connectivity index (χ3n) is 7.34. The largest absolute Gasteiger partial charge is 0.309 e. The van der Waals surface area contributed by atoms with E-state index in [0.717, 1.165) is 28.2 Å². The highest BCUT2D eigenvalue weighted by atomic mass is 16.1. The zero-order valence-electron chi connectivity index (χ0n) is 17.8. The van der Waals surface area contributed by atoms with Crippen LogP contribution in [0.5, 0.6) is 0 Å². The second kappa shape index (κ2) is 5.63. The Morgan fingerprint density at radius 2 is 1.12 bits per heavy atom. The van der Waals surface area contributed by atoms with Crippen molar-refractivity contribution >= 4 is 38.6 Å². The highest BCUT2D eigenvalue weighted by Gasteiger charge is 2.38. The van der Waals surface area contributed by atoms with Crippen LogP contribution in [0.2, 0.25) is 0 Å². The summed E-state index contributed by atoms with van der Waals surface area (Å²) < 4.78 is 0. The number of fused-ring (bicyclic) bond motifs is 2. The van der Waals surface area contributed by atoms with Crippen LogP contribution in [0.15, 0.2) is 88.5 Å². The predicted molar refractivity (Wildman–Crippen MR) is 131 cm³/mol. The van der Waals surface area contributed by atoms with Gasteiger partial charge in [-0.25, -0.2) is 0 Å². The van der Waals surface area contributed by atoms with Crippen LogP contribution in [0.4, 0.5) is 17.1 Å². The molecule has 0 saturated heterocycles. The van der Waals surface area contributed by atoms with E-state index in [2.05, 4.69) is 55.1 Å². The fourth-order valence-corrected chi connectivity index (χ4v) is 5.87. The second-order valence-corrected chi connectivity index (χ2v) is 9.26. The molecule has 2 aliphatic carbocycles. The highest BCUT2D eigenvalue weighted by Crippen LogP contribution is 2.54. The third kappa shape index (κ3) is 1.88. The van der Waals surface area contributed by atoms with Crippen molar-refractivity contribution in [2.45, 2.75) is 19.3 Å². The molecule has 1 aliphatic heterocycles. The van der Waals surface area contributed by atoms with Crippen LogP contribution in [-0.2, 0) is 5.41 Å². The maximum atomic E-state index is 13.7. The molecule has 0 aromatic heterocycles. The average molecular weight is 413 g/mol. The summed E-state index contributed by atoms with van der Waals surface area (Å²) in [6.45, 7) is 4.49. The lowest BCUT2D eigenvalue weighted by molar-refractivity contribution is 0.632. The molecule has 0 radical (unpaired) electrons. The summed E-state index contributed by atoms with van der Waals surface area (Å²) in [5.41, 5.74) is 6.87. The van der Waals surface area contributed by atoms with E-state index in [1.807, 2.05) is 42.5 Å². The van der Waals surface area contributed by atoms with Crippen molar-refractivity contribution in [2.24, 2.45) is 0 Å². The smallest absolute Gasteiger partial charge is 0.196 e. The number of nitrogens with zero attached hydrogens (tertiary/aromatic N) is 1. The normalized spacial score (nSPS) is 15.0. The molecule has 7 rings (SSSR count). The van der Waals surface area contributed by atoms with Gasteiger partial charge in [-0.1, -0.05) is 68.4 Å². The summed E-state index contributed by atoms with van der Waals surface area (Å²) in [7, 11) is 0. The van der Waals surface area contributed by atoms with E-state index in [9.17, 15) is 9.59 Å². The SMILES string of the molecule is CC1(C)c2ccccc2N(c2ccc3c4c2c(=O)c2cccc(c2-4)c3=O)c2ccccc21. The van der Waals surface area contributed by atoms with Gasteiger partial charge in [0.05, 0.1) is 22.4 Å². The summed E-state index contributed by atoms with van der Waals surface area (Å²) in [6, 6.07) is 26.1. The van der Waals surface area contributed by atoms with Crippen LogP contribution >= 0.6 is 0 Å². The van der Waals surface area contributed by atoms with Gasteiger partial charge < -0.3 is 4.90 Å². The lowest BCUT2D eigenvalue weighted by Gasteiger charge is -2.42. The minimum atomic E-state index is -0.170. The molecule has 4 aromatic rings. The van der Waals surface area contributed by atoms with Gasteiger partial charge in [0.25, 0.3) is 0 Å². The van der Waals surface area contributed by atoms with E-state index in [0.29, 0.717) is 21.5 Å². The first-order valence-corrected chi connectivity index (χ1v) is 10.9. The Kier molecular flexibility index (Phi) is 3.11. The fraction of sp³-hybridized carbons (Fsp3) is 0.103. The van der Waals surface area contributed by atoms with Gasteiger partial charge in [0, 0.05) is 32.7 Å². The van der Waals surface area contributed by atoms with Crippen molar-refractivity contribution in [3.63, 3.8) is 0 Å². The first-order chi connectivity index (χ1) is 15.5. The Balaban J connectivity index is 1.65. The molecule has 0 saturated carbocycles. The molecular formula is C29H19NO2. The maximum Gasteiger partial charge on any atom is 0.196 e. The monoisotopic (exact) mass is 413 g/mol. The molecule has 152 valence electrons. The zero-order valence-corrected chi connectivity index (χ0v) is 17.8. The molecule has 3 nitrogen and oxygen atoms in total. The number of rotatable bonds is 1. The Hall–Kier alpha value is -3.98. The highest BCUT2D eigenvalue weighted by molar-refractivity contribution is 6.21. The van der Waals surface area contributed by atoms with Crippen molar-refractivity contribution in [3.05, 3.63) is 110 Å². The first-order valence-electron chi connectivity index (χ1n) is 10.9. The summed E-state index contributed by atoms with van der Waals surface area (Å²) in [4.78, 5) is 28.9. The molecule has 32 heavy (non-hydrogen) atoms. The van der Waals surface area contributed by atoms with Gasteiger partial charge in [-0.3, -0.25) is 9.59 Å². The predicted octanol–water partition coefficient (Wildman–Crippen LogP) is 6.24. The van der Waals surface area contributed by atoms with E-state index in [1.54, 1.807) is 0 Å². The lowest BCUT2D eigenvalue weighted by atomic mass is 9.73. The van der Waals surface area contributed by atoms with E-state index >= 15 is 0 Å². The van der Waals surface area contributed by atoms with Crippen LogP contribution in [0.1, 0.15) is 25.0 Å². The molecule has 3 aliphatic rings. The molecular weight excluding hydrogens is 394 g/mol. The molecule has 0 fully saturated rings. The van der Waals surface area contributed by atoms with Crippen molar-refractivity contribution in [2.75, 3.05) is 4.90 Å². The van der Waals surface area contributed by atoms with Crippen molar-refractivity contribution < 1.29 is 0 Å². The summed E-state index contributed by atoms with van der Waals surface area (Å²) in [5.74, 6) is 0. The van der Waals surface area contributed by atoms with Gasteiger partial charge in [-0.05, 0) is 35.4 Å². The fourth-order valence-electron chi connectivity index (χ4n) is 5.87. The number of para-hydroxylation sites is 2. The molecule has 0 unspecified atom stereocenters. The van der Waals surface area contributed by atoms with Gasteiger partial charge in [-0.2, -0.15) is 0 Å².